The maximum absolute atomic E-state index is 11.4. The highest BCUT2D eigenvalue weighted by molar-refractivity contribution is 14.0. The Morgan fingerprint density at radius 2 is 2.12 bits per heavy atom. The van der Waals surface area contributed by atoms with Crippen molar-refractivity contribution in [2.24, 2.45) is 10.9 Å². The zero-order chi connectivity index (χ0) is 18.1. The number of anilines is 1. The lowest BCUT2D eigenvalue weighted by Gasteiger charge is -2.18. The van der Waals surface area contributed by atoms with Crippen LogP contribution in [0.15, 0.2) is 23.2 Å². The van der Waals surface area contributed by atoms with E-state index in [1.807, 2.05) is 18.2 Å². The maximum atomic E-state index is 11.4. The molecule has 0 saturated carbocycles. The van der Waals surface area contributed by atoms with Crippen LogP contribution in [0.25, 0.3) is 0 Å². The van der Waals surface area contributed by atoms with Crippen LogP contribution < -0.4 is 20.7 Å². The van der Waals surface area contributed by atoms with Gasteiger partial charge in [-0.1, -0.05) is 13.8 Å². The summed E-state index contributed by atoms with van der Waals surface area (Å²) < 4.78 is 5.81. The highest BCUT2D eigenvalue weighted by atomic mass is 127. The number of halogens is 1. The first-order valence-electron chi connectivity index (χ1n) is 9.16. The highest BCUT2D eigenvalue weighted by Gasteiger charge is 2.14. The third-order valence-electron chi connectivity index (χ3n) is 3.96. The fourth-order valence-corrected chi connectivity index (χ4v) is 2.56. The first-order chi connectivity index (χ1) is 12.1. The van der Waals surface area contributed by atoms with Gasteiger partial charge in [-0.05, 0) is 49.4 Å². The minimum atomic E-state index is 0. The fraction of sp³-hybridized carbons (Fsp3) is 0.579. The number of nitrogens with one attached hydrogen (secondary N) is 3. The van der Waals surface area contributed by atoms with Crippen molar-refractivity contribution in [2.75, 3.05) is 31.6 Å². The third kappa shape index (κ3) is 7.80. The monoisotopic (exact) mass is 474 g/mol. The summed E-state index contributed by atoms with van der Waals surface area (Å²) in [5.41, 5.74) is 2.03. The average Bonchev–Trinajstić information content (AvgIpc) is 2.58. The fourth-order valence-electron chi connectivity index (χ4n) is 2.56. The molecule has 1 aromatic rings. The van der Waals surface area contributed by atoms with Crippen molar-refractivity contribution in [3.8, 4) is 5.75 Å². The van der Waals surface area contributed by atoms with E-state index in [0.29, 0.717) is 25.5 Å². The zero-order valence-corrected chi connectivity index (χ0v) is 18.3. The molecule has 0 aliphatic carbocycles. The molecule has 0 radical (unpaired) electrons. The van der Waals surface area contributed by atoms with Gasteiger partial charge in [-0.15, -0.1) is 24.0 Å². The van der Waals surface area contributed by atoms with E-state index >= 15 is 0 Å². The van der Waals surface area contributed by atoms with E-state index in [-0.39, 0.29) is 29.9 Å². The molecule has 0 bridgehead atoms. The van der Waals surface area contributed by atoms with Gasteiger partial charge in [0.25, 0.3) is 0 Å². The van der Waals surface area contributed by atoms with Gasteiger partial charge in [0, 0.05) is 25.2 Å². The van der Waals surface area contributed by atoms with E-state index < -0.39 is 0 Å². The Kier molecular flexibility index (Phi) is 10.4. The lowest BCUT2D eigenvalue weighted by Crippen LogP contribution is -2.39. The number of carbonyl (C=O) groups excluding carboxylic acids is 1. The minimum absolute atomic E-state index is 0. The predicted molar refractivity (Wildman–Crippen MR) is 118 cm³/mol. The molecule has 0 atom stereocenters. The third-order valence-corrected chi connectivity index (χ3v) is 3.96. The predicted octanol–water partition coefficient (Wildman–Crippen LogP) is 3.17. The van der Waals surface area contributed by atoms with E-state index in [2.05, 4.69) is 41.7 Å². The number of aryl methyl sites for hydroxylation is 1. The largest absolute Gasteiger partial charge is 0.492 e. The quantitative estimate of drug-likeness (QED) is 0.234. The molecule has 3 N–H and O–H groups in total. The first-order valence-corrected chi connectivity index (χ1v) is 9.16. The Morgan fingerprint density at radius 3 is 2.85 bits per heavy atom. The molecule has 1 aromatic carbocycles. The van der Waals surface area contributed by atoms with Gasteiger partial charge in [0.15, 0.2) is 5.96 Å². The molecular formula is C19H31IN4O2. The van der Waals surface area contributed by atoms with Crippen molar-refractivity contribution in [3.05, 3.63) is 23.8 Å². The summed E-state index contributed by atoms with van der Waals surface area (Å²) in [6.07, 6.45) is 2.39. The summed E-state index contributed by atoms with van der Waals surface area (Å²) in [5, 5.41) is 9.41. The Labute approximate surface area is 173 Å². The SMILES string of the molecule is CCNC(=NCCC(C)C)NCCOc1ccc2c(c1)CCC(=O)N2.I. The number of hydrogen-bond donors (Lipinski definition) is 3. The number of carbonyl (C=O) groups is 1. The number of fused-ring (bicyclic) bond motifs is 1. The number of aliphatic imine (C=N–C) groups is 1. The van der Waals surface area contributed by atoms with Crippen molar-refractivity contribution in [1.29, 1.82) is 0 Å². The van der Waals surface area contributed by atoms with Crippen molar-refractivity contribution in [2.45, 2.75) is 40.0 Å². The second-order valence-electron chi connectivity index (χ2n) is 6.59. The van der Waals surface area contributed by atoms with Crippen LogP contribution in [-0.4, -0.2) is 38.1 Å². The van der Waals surface area contributed by atoms with Crippen LogP contribution in [0.1, 0.15) is 39.2 Å². The molecule has 2 rings (SSSR count). The van der Waals surface area contributed by atoms with E-state index in [9.17, 15) is 4.79 Å². The number of benzene rings is 1. The lowest BCUT2D eigenvalue weighted by atomic mass is 10.0. The summed E-state index contributed by atoms with van der Waals surface area (Å²) >= 11 is 0. The Bertz CT molecular complexity index is 605. The van der Waals surface area contributed by atoms with E-state index in [0.717, 1.165) is 48.9 Å². The Morgan fingerprint density at radius 1 is 1.31 bits per heavy atom. The zero-order valence-electron chi connectivity index (χ0n) is 15.9. The van der Waals surface area contributed by atoms with Gasteiger partial charge in [-0.3, -0.25) is 9.79 Å². The number of guanidine groups is 1. The van der Waals surface area contributed by atoms with E-state index in [1.165, 1.54) is 0 Å². The first kappa shape index (κ1) is 22.5. The molecule has 1 aliphatic heterocycles. The maximum Gasteiger partial charge on any atom is 0.224 e. The highest BCUT2D eigenvalue weighted by Crippen LogP contribution is 2.26. The van der Waals surface area contributed by atoms with Gasteiger partial charge in [0.2, 0.25) is 5.91 Å². The number of nitrogens with zero attached hydrogens (tertiary/aromatic N) is 1. The summed E-state index contributed by atoms with van der Waals surface area (Å²) in [4.78, 5) is 15.9. The van der Waals surface area contributed by atoms with Gasteiger partial charge in [-0.25, -0.2) is 0 Å². The topological polar surface area (TPSA) is 74.8 Å². The van der Waals surface area contributed by atoms with Crippen LogP contribution in [0.5, 0.6) is 5.75 Å². The Hall–Kier alpha value is -1.51. The molecule has 1 heterocycles. The molecule has 6 nitrogen and oxygen atoms in total. The van der Waals surface area contributed by atoms with Crippen molar-refractivity contribution in [3.63, 3.8) is 0 Å². The van der Waals surface area contributed by atoms with Crippen LogP contribution in [0.3, 0.4) is 0 Å². The molecule has 1 amide bonds. The van der Waals surface area contributed by atoms with Gasteiger partial charge in [-0.2, -0.15) is 0 Å². The summed E-state index contributed by atoms with van der Waals surface area (Å²) in [6.45, 7) is 9.36. The number of amides is 1. The summed E-state index contributed by atoms with van der Waals surface area (Å²) in [7, 11) is 0. The van der Waals surface area contributed by atoms with Gasteiger partial charge in [0.05, 0.1) is 6.54 Å². The molecule has 146 valence electrons. The van der Waals surface area contributed by atoms with Gasteiger partial charge < -0.3 is 20.7 Å². The van der Waals surface area contributed by atoms with E-state index in [1.54, 1.807) is 0 Å². The van der Waals surface area contributed by atoms with Crippen LogP contribution in [0, 0.1) is 5.92 Å². The molecular weight excluding hydrogens is 443 g/mol. The minimum Gasteiger partial charge on any atom is -0.492 e. The standard InChI is InChI=1S/C19H30N4O2.HI/c1-4-20-19(21-10-9-14(2)3)22-11-12-25-16-6-7-17-15(13-16)5-8-18(24)23-17;/h6-7,13-14H,4-5,8-12H2,1-3H3,(H,23,24)(H2,20,21,22);1H. The number of ether oxygens (including phenoxy) is 1. The second kappa shape index (κ2) is 12.0. The number of hydrogen-bond acceptors (Lipinski definition) is 3. The molecule has 0 saturated heterocycles. The van der Waals surface area contributed by atoms with Crippen LogP contribution >= 0.6 is 24.0 Å². The van der Waals surface area contributed by atoms with Crippen molar-refractivity contribution >= 4 is 41.5 Å². The van der Waals surface area contributed by atoms with Crippen molar-refractivity contribution in [1.82, 2.24) is 10.6 Å². The Balaban J connectivity index is 0.00000338. The molecule has 0 spiro atoms. The molecule has 0 aromatic heterocycles. The van der Waals surface area contributed by atoms with Crippen LogP contribution in [-0.2, 0) is 11.2 Å². The van der Waals surface area contributed by atoms with Gasteiger partial charge >= 0.3 is 0 Å². The molecule has 7 heteroatoms. The average molecular weight is 474 g/mol. The smallest absolute Gasteiger partial charge is 0.224 e. The van der Waals surface area contributed by atoms with Crippen molar-refractivity contribution < 1.29 is 9.53 Å². The molecule has 0 unspecified atom stereocenters. The molecule has 26 heavy (non-hydrogen) atoms. The second-order valence-corrected chi connectivity index (χ2v) is 6.59. The molecule has 1 aliphatic rings. The summed E-state index contributed by atoms with van der Waals surface area (Å²) in [5.74, 6) is 2.40. The van der Waals surface area contributed by atoms with Crippen LogP contribution in [0.2, 0.25) is 0 Å². The van der Waals surface area contributed by atoms with E-state index in [4.69, 9.17) is 4.74 Å². The van der Waals surface area contributed by atoms with Gasteiger partial charge in [0.1, 0.15) is 12.4 Å². The number of rotatable bonds is 8. The molecule has 0 fully saturated rings. The van der Waals surface area contributed by atoms with Crippen LogP contribution in [0.4, 0.5) is 5.69 Å². The summed E-state index contributed by atoms with van der Waals surface area (Å²) in [6, 6.07) is 5.82. The normalized spacial score (nSPS) is 13.5. The lowest BCUT2D eigenvalue weighted by molar-refractivity contribution is -0.116.